The molecule has 0 aliphatic rings. The summed E-state index contributed by atoms with van der Waals surface area (Å²) in [6.07, 6.45) is 1.40. The van der Waals surface area contributed by atoms with E-state index in [0.29, 0.717) is 5.69 Å². The highest BCUT2D eigenvalue weighted by molar-refractivity contribution is 9.10. The van der Waals surface area contributed by atoms with Crippen LogP contribution in [0.2, 0.25) is 0 Å². The molecule has 2 aromatic rings. The summed E-state index contributed by atoms with van der Waals surface area (Å²) in [7, 11) is 0. The number of benzene rings is 2. The third kappa shape index (κ3) is 5.53. The summed E-state index contributed by atoms with van der Waals surface area (Å²) < 4.78 is 19.2. The Morgan fingerprint density at radius 3 is 2.64 bits per heavy atom. The molecule has 6 heteroatoms. The van der Waals surface area contributed by atoms with Gasteiger partial charge in [-0.3, -0.25) is 4.79 Å². The molecule has 0 spiro atoms. The van der Waals surface area contributed by atoms with Crippen molar-refractivity contribution in [1.82, 2.24) is 0 Å². The van der Waals surface area contributed by atoms with Crippen LogP contribution in [0.5, 0.6) is 0 Å². The molecule has 0 radical (unpaired) electrons. The van der Waals surface area contributed by atoms with Crippen molar-refractivity contribution >= 4 is 39.6 Å². The fraction of sp³-hybridized carbons (Fsp3) is 0.158. The molecule has 0 fully saturated rings. The van der Waals surface area contributed by atoms with Crippen molar-refractivity contribution in [3.63, 3.8) is 0 Å². The van der Waals surface area contributed by atoms with Gasteiger partial charge < -0.3 is 10.1 Å². The molecule has 0 heterocycles. The fourth-order valence-electron chi connectivity index (χ4n) is 1.99. The number of ether oxygens (including phenoxy) is 1. The van der Waals surface area contributed by atoms with Crippen LogP contribution in [0.3, 0.4) is 0 Å². The monoisotopic (exact) mass is 405 g/mol. The first-order valence-electron chi connectivity index (χ1n) is 7.57. The van der Waals surface area contributed by atoms with Crippen molar-refractivity contribution in [2.24, 2.45) is 0 Å². The van der Waals surface area contributed by atoms with E-state index in [4.69, 9.17) is 4.74 Å². The number of anilines is 1. The molecule has 1 amide bonds. The summed E-state index contributed by atoms with van der Waals surface area (Å²) in [4.78, 5) is 23.9. The predicted molar refractivity (Wildman–Crippen MR) is 98.5 cm³/mol. The summed E-state index contributed by atoms with van der Waals surface area (Å²) in [6, 6.07) is 11.5. The number of rotatable bonds is 5. The molecule has 0 bridgehead atoms. The van der Waals surface area contributed by atoms with Gasteiger partial charge in [-0.1, -0.05) is 24.3 Å². The minimum absolute atomic E-state index is 0.264. The molecule has 25 heavy (non-hydrogen) atoms. The van der Waals surface area contributed by atoms with Gasteiger partial charge in [0.1, 0.15) is 5.82 Å². The maximum Gasteiger partial charge on any atom is 0.331 e. The van der Waals surface area contributed by atoms with E-state index in [1.54, 1.807) is 18.2 Å². The molecule has 2 aromatic carbocycles. The first-order chi connectivity index (χ1) is 11.9. The Bertz CT molecular complexity index is 820. The molecule has 0 saturated heterocycles. The van der Waals surface area contributed by atoms with Crippen LogP contribution in [-0.2, 0) is 14.3 Å². The zero-order valence-electron chi connectivity index (χ0n) is 13.8. The van der Waals surface area contributed by atoms with Crippen LogP contribution in [0.25, 0.3) is 6.08 Å². The number of carbonyl (C=O) groups is 2. The van der Waals surface area contributed by atoms with E-state index in [0.717, 1.165) is 16.1 Å². The number of aryl methyl sites for hydroxylation is 1. The van der Waals surface area contributed by atoms with E-state index in [9.17, 15) is 14.0 Å². The van der Waals surface area contributed by atoms with Gasteiger partial charge in [0.25, 0.3) is 5.91 Å². The van der Waals surface area contributed by atoms with Crippen LogP contribution < -0.4 is 5.32 Å². The summed E-state index contributed by atoms with van der Waals surface area (Å²) in [6.45, 7) is 3.40. The topological polar surface area (TPSA) is 55.4 Å². The van der Waals surface area contributed by atoms with E-state index >= 15 is 0 Å². The molecule has 130 valence electrons. The summed E-state index contributed by atoms with van der Waals surface area (Å²) in [5.74, 6) is -1.63. The molecule has 4 nitrogen and oxygen atoms in total. The third-order valence-electron chi connectivity index (χ3n) is 3.35. The van der Waals surface area contributed by atoms with Crippen LogP contribution in [-0.4, -0.2) is 18.0 Å². The second-order valence-corrected chi connectivity index (χ2v) is 6.26. The Morgan fingerprint density at radius 2 is 1.96 bits per heavy atom. The van der Waals surface area contributed by atoms with Crippen LogP contribution in [0.4, 0.5) is 10.1 Å². The van der Waals surface area contributed by atoms with Crippen molar-refractivity contribution in [2.45, 2.75) is 20.0 Å². The van der Waals surface area contributed by atoms with Gasteiger partial charge in [0.15, 0.2) is 6.10 Å². The van der Waals surface area contributed by atoms with Gasteiger partial charge in [-0.25, -0.2) is 9.18 Å². The molecule has 2 rings (SSSR count). The highest BCUT2D eigenvalue weighted by Crippen LogP contribution is 2.23. The van der Waals surface area contributed by atoms with Gasteiger partial charge in [0, 0.05) is 16.1 Å². The number of amides is 1. The van der Waals surface area contributed by atoms with Gasteiger partial charge in [0.2, 0.25) is 0 Å². The average molecular weight is 406 g/mol. The SMILES string of the molecule is Cc1ccc(NC(=O)[C@H](C)OC(=O)/C=C/c2ccccc2F)c(Br)c1. The van der Waals surface area contributed by atoms with Gasteiger partial charge in [-0.15, -0.1) is 0 Å². The maximum absolute atomic E-state index is 13.5. The lowest BCUT2D eigenvalue weighted by Crippen LogP contribution is -2.29. The van der Waals surface area contributed by atoms with Gasteiger partial charge in [-0.2, -0.15) is 0 Å². The van der Waals surface area contributed by atoms with Crippen molar-refractivity contribution in [3.05, 3.63) is 70.0 Å². The zero-order chi connectivity index (χ0) is 18.4. The molecule has 0 aliphatic carbocycles. The Hall–Kier alpha value is -2.47. The first-order valence-corrected chi connectivity index (χ1v) is 8.36. The van der Waals surface area contributed by atoms with Crippen molar-refractivity contribution in [2.75, 3.05) is 5.32 Å². The molecule has 0 aromatic heterocycles. The second kappa shape index (κ2) is 8.58. The summed E-state index contributed by atoms with van der Waals surface area (Å²) >= 11 is 3.36. The number of hydrogen-bond acceptors (Lipinski definition) is 3. The molecule has 0 aliphatic heterocycles. The number of esters is 1. The van der Waals surface area contributed by atoms with Crippen LogP contribution in [0, 0.1) is 12.7 Å². The lowest BCUT2D eigenvalue weighted by atomic mass is 10.2. The smallest absolute Gasteiger partial charge is 0.331 e. The molecule has 1 N–H and O–H groups in total. The minimum Gasteiger partial charge on any atom is -0.449 e. The number of carbonyl (C=O) groups excluding carboxylic acids is 2. The highest BCUT2D eigenvalue weighted by Gasteiger charge is 2.17. The normalized spacial score (nSPS) is 12.0. The lowest BCUT2D eigenvalue weighted by molar-refractivity contribution is -0.148. The van der Waals surface area contributed by atoms with Gasteiger partial charge >= 0.3 is 5.97 Å². The van der Waals surface area contributed by atoms with E-state index in [1.165, 1.54) is 25.1 Å². The molecule has 0 unspecified atom stereocenters. The molecular formula is C19H17BrFNO3. The van der Waals surface area contributed by atoms with E-state index in [1.807, 2.05) is 19.1 Å². The van der Waals surface area contributed by atoms with Crippen molar-refractivity contribution < 1.29 is 18.7 Å². The Morgan fingerprint density at radius 1 is 1.24 bits per heavy atom. The second-order valence-electron chi connectivity index (χ2n) is 5.41. The quantitative estimate of drug-likeness (QED) is 0.589. The first kappa shape index (κ1) is 18.9. The number of nitrogens with one attached hydrogen (secondary N) is 1. The lowest BCUT2D eigenvalue weighted by Gasteiger charge is -2.13. The van der Waals surface area contributed by atoms with Crippen molar-refractivity contribution in [3.8, 4) is 0 Å². The van der Waals surface area contributed by atoms with Crippen LogP contribution in [0.1, 0.15) is 18.1 Å². The van der Waals surface area contributed by atoms with E-state index in [2.05, 4.69) is 21.2 Å². The van der Waals surface area contributed by atoms with E-state index < -0.39 is 23.8 Å². The third-order valence-corrected chi connectivity index (χ3v) is 4.00. The standard InChI is InChI=1S/C19H17BrFNO3/c1-12-7-9-17(15(20)11-12)22-19(24)13(2)25-18(23)10-8-14-5-3-4-6-16(14)21/h3-11,13H,1-2H3,(H,22,24)/b10-8+/t13-/m0/s1. The summed E-state index contributed by atoms with van der Waals surface area (Å²) in [5, 5.41) is 2.68. The zero-order valence-corrected chi connectivity index (χ0v) is 15.3. The van der Waals surface area contributed by atoms with Gasteiger partial charge in [0.05, 0.1) is 5.69 Å². The molecule has 0 saturated carbocycles. The average Bonchev–Trinajstić information content (AvgIpc) is 2.56. The molecule has 1 atom stereocenters. The number of hydrogen-bond donors (Lipinski definition) is 1. The predicted octanol–water partition coefficient (Wildman–Crippen LogP) is 4.48. The van der Waals surface area contributed by atoms with E-state index in [-0.39, 0.29) is 5.56 Å². The summed E-state index contributed by atoms with van der Waals surface area (Å²) in [5.41, 5.74) is 1.89. The van der Waals surface area contributed by atoms with Crippen molar-refractivity contribution in [1.29, 1.82) is 0 Å². The maximum atomic E-state index is 13.5. The molecular weight excluding hydrogens is 389 g/mol. The fourth-order valence-corrected chi connectivity index (χ4v) is 2.58. The Labute approximate surface area is 153 Å². The van der Waals surface area contributed by atoms with Crippen LogP contribution in [0.15, 0.2) is 53.0 Å². The van der Waals surface area contributed by atoms with Crippen LogP contribution >= 0.6 is 15.9 Å². The minimum atomic E-state index is -0.994. The Balaban J connectivity index is 1.94. The highest BCUT2D eigenvalue weighted by atomic mass is 79.9. The largest absolute Gasteiger partial charge is 0.449 e. The van der Waals surface area contributed by atoms with Gasteiger partial charge in [-0.05, 0) is 59.6 Å². The number of halogens is 2. The Kier molecular flexibility index (Phi) is 6.47.